The molecule has 1 rings (SSSR count). The second-order valence-electron chi connectivity index (χ2n) is 2.66. The highest BCUT2D eigenvalue weighted by molar-refractivity contribution is 9.26. The molecule has 0 aromatic carbocycles. The zero-order chi connectivity index (χ0) is 7.94. The Labute approximate surface area is 84.6 Å². The van der Waals surface area contributed by atoms with Crippen molar-refractivity contribution in [1.82, 2.24) is 0 Å². The second kappa shape index (κ2) is 6.87. The molecule has 1 aliphatic rings. The highest BCUT2D eigenvalue weighted by atomic mass is 33.7. The Morgan fingerprint density at radius 2 is 1.73 bits per heavy atom. The quantitative estimate of drug-likeness (QED) is 0.506. The second-order valence-corrected chi connectivity index (χ2v) is 8.97. The van der Waals surface area contributed by atoms with Crippen LogP contribution in [0, 0.1) is 0 Å². The zero-order valence-electron chi connectivity index (χ0n) is 6.75. The zero-order valence-corrected chi connectivity index (χ0v) is 10.0. The van der Waals surface area contributed by atoms with Crippen LogP contribution in [-0.4, -0.2) is 11.5 Å². The van der Waals surface area contributed by atoms with Gasteiger partial charge in [0.05, 0.1) is 0 Å². The molecule has 11 heavy (non-hydrogen) atoms. The molecule has 0 spiro atoms. The van der Waals surface area contributed by atoms with Gasteiger partial charge in [-0.1, -0.05) is 40.9 Å². The molecule has 0 amide bonds. The van der Waals surface area contributed by atoms with E-state index in [1.54, 1.807) is 0 Å². The van der Waals surface area contributed by atoms with Crippen molar-refractivity contribution in [2.45, 2.75) is 37.4 Å². The molecule has 0 heterocycles. The van der Waals surface area contributed by atoms with Gasteiger partial charge in [0.1, 0.15) is 0 Å². The van der Waals surface area contributed by atoms with E-state index in [2.05, 4.69) is 17.0 Å². The molecule has 0 radical (unpaired) electrons. The van der Waals surface area contributed by atoms with Crippen molar-refractivity contribution < 1.29 is 0 Å². The summed E-state index contributed by atoms with van der Waals surface area (Å²) in [6, 6.07) is 0. The van der Waals surface area contributed by atoms with Crippen LogP contribution < -0.4 is 0 Å². The van der Waals surface area contributed by atoms with E-state index >= 15 is 0 Å². The van der Waals surface area contributed by atoms with Crippen molar-refractivity contribution in [3.05, 3.63) is 0 Å². The summed E-state index contributed by atoms with van der Waals surface area (Å²) in [5.41, 5.74) is 0. The molecule has 0 saturated heterocycles. The molecule has 1 fully saturated rings. The van der Waals surface area contributed by atoms with Gasteiger partial charge in [0.25, 0.3) is 0 Å². The minimum Gasteiger partial charge on any atom is -0.0852 e. The standard InChI is InChI=1S/C7H14S4/c1-8-10-11-9-7-5-3-2-4-6-7/h7H,2-6H2,1H3. The minimum atomic E-state index is 0.952. The van der Waals surface area contributed by atoms with Gasteiger partial charge >= 0.3 is 0 Å². The van der Waals surface area contributed by atoms with Gasteiger partial charge in [-0.25, -0.2) is 0 Å². The van der Waals surface area contributed by atoms with E-state index < -0.39 is 0 Å². The van der Waals surface area contributed by atoms with Crippen LogP contribution in [0.5, 0.6) is 0 Å². The van der Waals surface area contributed by atoms with Gasteiger partial charge in [-0.15, -0.1) is 0 Å². The number of hydrogen-bond acceptors (Lipinski definition) is 4. The van der Waals surface area contributed by atoms with Gasteiger partial charge in [-0.05, 0) is 38.7 Å². The van der Waals surface area contributed by atoms with E-state index in [1.807, 2.05) is 30.4 Å². The van der Waals surface area contributed by atoms with E-state index in [9.17, 15) is 0 Å². The Bertz CT molecular complexity index is 90.4. The lowest BCUT2D eigenvalue weighted by Gasteiger charge is -2.19. The van der Waals surface area contributed by atoms with Crippen LogP contribution in [0.2, 0.25) is 0 Å². The smallest absolute Gasteiger partial charge is 0.0159 e. The van der Waals surface area contributed by atoms with Crippen LogP contribution in [0.3, 0.4) is 0 Å². The number of rotatable bonds is 4. The monoisotopic (exact) mass is 226 g/mol. The average molecular weight is 226 g/mol. The lowest BCUT2D eigenvalue weighted by molar-refractivity contribution is 0.517. The van der Waals surface area contributed by atoms with Crippen LogP contribution >= 0.6 is 41.2 Å². The Morgan fingerprint density at radius 3 is 2.36 bits per heavy atom. The molecule has 1 saturated carbocycles. The fourth-order valence-corrected chi connectivity index (χ4v) is 7.31. The van der Waals surface area contributed by atoms with Gasteiger partial charge in [0.2, 0.25) is 0 Å². The summed E-state index contributed by atoms with van der Waals surface area (Å²) in [5.74, 6) is 0. The molecule has 4 heteroatoms. The summed E-state index contributed by atoms with van der Waals surface area (Å²) >= 11 is 0. The van der Waals surface area contributed by atoms with E-state index in [4.69, 9.17) is 0 Å². The predicted octanol–water partition coefficient (Wildman–Crippen LogP) is 4.63. The first kappa shape index (κ1) is 10.5. The molecule has 1 aliphatic carbocycles. The van der Waals surface area contributed by atoms with E-state index in [1.165, 1.54) is 32.1 Å². The molecular formula is C7H14S4. The SMILES string of the molecule is CSSSSC1CCCCC1. The third kappa shape index (κ3) is 4.86. The van der Waals surface area contributed by atoms with Crippen LogP contribution in [0.15, 0.2) is 0 Å². The van der Waals surface area contributed by atoms with Crippen molar-refractivity contribution in [3.8, 4) is 0 Å². The molecule has 0 aliphatic heterocycles. The van der Waals surface area contributed by atoms with E-state index in [0.29, 0.717) is 0 Å². The van der Waals surface area contributed by atoms with Crippen molar-refractivity contribution in [2.75, 3.05) is 6.26 Å². The minimum absolute atomic E-state index is 0.952. The van der Waals surface area contributed by atoms with E-state index in [-0.39, 0.29) is 0 Å². The molecule has 66 valence electrons. The fraction of sp³-hybridized carbons (Fsp3) is 1.00. The summed E-state index contributed by atoms with van der Waals surface area (Å²) in [4.78, 5) is 0. The van der Waals surface area contributed by atoms with Crippen molar-refractivity contribution in [2.24, 2.45) is 0 Å². The summed E-state index contributed by atoms with van der Waals surface area (Å²) in [6.07, 6.45) is 9.43. The fourth-order valence-electron chi connectivity index (χ4n) is 1.26. The number of hydrogen-bond donors (Lipinski definition) is 0. The maximum atomic E-state index is 2.14. The highest BCUT2D eigenvalue weighted by Gasteiger charge is 2.13. The Balaban J connectivity index is 1.96. The van der Waals surface area contributed by atoms with Crippen LogP contribution in [0.4, 0.5) is 0 Å². The predicted molar refractivity (Wildman–Crippen MR) is 63.2 cm³/mol. The van der Waals surface area contributed by atoms with Crippen molar-refractivity contribution >= 4 is 41.2 Å². The summed E-state index contributed by atoms with van der Waals surface area (Å²) in [7, 11) is 7.78. The Kier molecular flexibility index (Phi) is 6.54. The van der Waals surface area contributed by atoms with Crippen molar-refractivity contribution in [3.63, 3.8) is 0 Å². The summed E-state index contributed by atoms with van der Waals surface area (Å²) in [5, 5.41) is 0.952. The van der Waals surface area contributed by atoms with E-state index in [0.717, 1.165) is 5.25 Å². The van der Waals surface area contributed by atoms with Gasteiger partial charge in [0, 0.05) is 5.25 Å². The first-order valence-electron chi connectivity index (χ1n) is 3.96. The van der Waals surface area contributed by atoms with Crippen LogP contribution in [0.1, 0.15) is 32.1 Å². The van der Waals surface area contributed by atoms with Gasteiger partial charge < -0.3 is 0 Å². The molecule has 0 unspecified atom stereocenters. The third-order valence-corrected chi connectivity index (χ3v) is 8.40. The molecule has 0 aromatic heterocycles. The Hall–Kier alpha value is 1.40. The Morgan fingerprint density at radius 1 is 1.00 bits per heavy atom. The van der Waals surface area contributed by atoms with Gasteiger partial charge in [-0.2, -0.15) is 0 Å². The maximum Gasteiger partial charge on any atom is 0.0159 e. The van der Waals surface area contributed by atoms with Crippen LogP contribution in [-0.2, 0) is 0 Å². The normalized spacial score (nSPS) is 20.5. The lowest BCUT2D eigenvalue weighted by atomic mass is 10.0. The largest absolute Gasteiger partial charge is 0.0852 e. The van der Waals surface area contributed by atoms with Gasteiger partial charge in [0.15, 0.2) is 0 Å². The maximum absolute atomic E-state index is 2.14. The topological polar surface area (TPSA) is 0 Å². The molecule has 0 atom stereocenters. The average Bonchev–Trinajstić information content (AvgIpc) is 2.07. The molecule has 0 N–H and O–H groups in total. The summed E-state index contributed by atoms with van der Waals surface area (Å²) < 4.78 is 0. The van der Waals surface area contributed by atoms with Crippen LogP contribution in [0.25, 0.3) is 0 Å². The van der Waals surface area contributed by atoms with Crippen molar-refractivity contribution in [1.29, 1.82) is 0 Å². The highest BCUT2D eigenvalue weighted by Crippen LogP contribution is 2.46. The lowest BCUT2D eigenvalue weighted by Crippen LogP contribution is -2.05. The summed E-state index contributed by atoms with van der Waals surface area (Å²) in [6.45, 7) is 0. The molecule has 0 nitrogen and oxygen atoms in total. The molecule has 0 aromatic rings. The first-order chi connectivity index (χ1) is 5.43. The van der Waals surface area contributed by atoms with Gasteiger partial charge in [-0.3, -0.25) is 0 Å². The molecular weight excluding hydrogens is 212 g/mol. The first-order valence-corrected chi connectivity index (χ1v) is 9.25. The molecule has 0 bridgehead atoms. The third-order valence-electron chi connectivity index (χ3n) is 1.82.